The van der Waals surface area contributed by atoms with Gasteiger partial charge in [0.15, 0.2) is 0 Å². The van der Waals surface area contributed by atoms with Crippen LogP contribution < -0.4 is 22.3 Å². The van der Waals surface area contributed by atoms with E-state index in [9.17, 15) is 9.59 Å². The maximum absolute atomic E-state index is 13.2. The second-order valence-corrected chi connectivity index (χ2v) is 7.16. The number of nitrogens with zero attached hydrogens (tertiary/aromatic N) is 3. The standard InChI is InChI=1S/C20H21ClN4O2/c1-13(2)10-11-24-17-12-14(21)8-9-16(17)25(15-6-4-3-5-7-15)20(27)18(23-22)19(24)26/h3-9,12-13H,10-11,22H2,1-2H3. The van der Waals surface area contributed by atoms with Crippen molar-refractivity contribution in [2.75, 3.05) is 0 Å². The largest absolute Gasteiger partial charge is 0.322 e. The second-order valence-electron chi connectivity index (χ2n) is 6.73. The highest BCUT2D eigenvalue weighted by atomic mass is 35.5. The summed E-state index contributed by atoms with van der Waals surface area (Å²) in [4.78, 5) is 26.2. The van der Waals surface area contributed by atoms with Gasteiger partial charge in [0.1, 0.15) is 0 Å². The molecule has 27 heavy (non-hydrogen) atoms. The fourth-order valence-electron chi connectivity index (χ4n) is 3.00. The van der Waals surface area contributed by atoms with Crippen LogP contribution in [0, 0.1) is 5.92 Å². The van der Waals surface area contributed by atoms with Gasteiger partial charge in [-0.05, 0) is 42.7 Å². The van der Waals surface area contributed by atoms with Gasteiger partial charge in [-0.1, -0.05) is 43.6 Å². The van der Waals surface area contributed by atoms with Crippen LogP contribution in [-0.2, 0) is 6.54 Å². The van der Waals surface area contributed by atoms with Crippen LogP contribution in [0.15, 0.2) is 63.2 Å². The summed E-state index contributed by atoms with van der Waals surface area (Å²) in [5, 5.41) is 3.70. The normalized spacial score (nSPS) is 12.1. The number of rotatable bonds is 4. The van der Waals surface area contributed by atoms with Crippen molar-refractivity contribution in [3.8, 4) is 5.69 Å². The molecule has 2 N–H and O–H groups in total. The average Bonchev–Trinajstić information content (AvgIpc) is 2.72. The fourth-order valence-corrected chi connectivity index (χ4v) is 3.17. The van der Waals surface area contributed by atoms with E-state index in [0.29, 0.717) is 34.2 Å². The van der Waals surface area contributed by atoms with E-state index in [1.165, 1.54) is 9.13 Å². The van der Waals surface area contributed by atoms with Gasteiger partial charge in [0, 0.05) is 17.3 Å². The van der Waals surface area contributed by atoms with E-state index in [1.807, 2.05) is 18.2 Å². The molecule has 0 amide bonds. The first-order valence-corrected chi connectivity index (χ1v) is 9.10. The monoisotopic (exact) mass is 384 g/mol. The molecule has 7 heteroatoms. The number of halogens is 1. The first kappa shape index (κ1) is 18.9. The summed E-state index contributed by atoms with van der Waals surface area (Å²) >= 11 is 6.21. The van der Waals surface area contributed by atoms with Crippen LogP contribution in [0.3, 0.4) is 0 Å². The number of nitrogens with two attached hydrogens (primary N) is 1. The van der Waals surface area contributed by atoms with Gasteiger partial charge in [0.05, 0.1) is 11.0 Å². The van der Waals surface area contributed by atoms with Crippen LogP contribution in [0.1, 0.15) is 20.3 Å². The molecule has 3 aromatic rings. The molecule has 0 aliphatic carbocycles. The highest BCUT2D eigenvalue weighted by Gasteiger charge is 2.14. The topological polar surface area (TPSA) is 82.4 Å². The maximum atomic E-state index is 13.2. The summed E-state index contributed by atoms with van der Waals surface area (Å²) in [5.41, 5.74) is 0.649. The van der Waals surface area contributed by atoms with Crippen LogP contribution in [0.4, 0.5) is 0 Å². The Balaban J connectivity index is 2.57. The number of benzene rings is 2. The van der Waals surface area contributed by atoms with E-state index < -0.39 is 11.1 Å². The summed E-state index contributed by atoms with van der Waals surface area (Å²) in [6.45, 7) is 4.57. The number of aromatic nitrogens is 2. The quantitative estimate of drug-likeness (QED) is 0.554. The molecular formula is C20H21ClN4O2. The molecule has 1 heterocycles. The molecule has 140 valence electrons. The minimum Gasteiger partial charge on any atom is -0.322 e. The molecule has 0 fully saturated rings. The molecule has 1 aromatic heterocycles. The third kappa shape index (κ3) is 3.66. The SMILES string of the molecule is CC(C)CCn1c(=O)c(=NN)c(=O)n(-c2ccccc2)c2ccc(Cl)cc21. The van der Waals surface area contributed by atoms with Gasteiger partial charge in [-0.25, -0.2) is 0 Å². The predicted molar refractivity (Wildman–Crippen MR) is 108 cm³/mol. The summed E-state index contributed by atoms with van der Waals surface area (Å²) in [7, 11) is 0. The van der Waals surface area contributed by atoms with E-state index in [0.717, 1.165) is 6.42 Å². The van der Waals surface area contributed by atoms with Crippen molar-refractivity contribution < 1.29 is 0 Å². The molecule has 0 atom stereocenters. The third-order valence-electron chi connectivity index (χ3n) is 4.40. The van der Waals surface area contributed by atoms with E-state index in [1.54, 1.807) is 30.3 Å². The third-order valence-corrected chi connectivity index (χ3v) is 4.63. The van der Waals surface area contributed by atoms with Crippen molar-refractivity contribution in [2.24, 2.45) is 16.9 Å². The first-order chi connectivity index (χ1) is 12.9. The van der Waals surface area contributed by atoms with Gasteiger partial charge in [-0.3, -0.25) is 14.2 Å². The van der Waals surface area contributed by atoms with Crippen LogP contribution in [0.2, 0.25) is 5.02 Å². The Morgan fingerprint density at radius 3 is 2.37 bits per heavy atom. The zero-order valence-electron chi connectivity index (χ0n) is 15.2. The number of fused-ring (bicyclic) bond motifs is 1. The Kier molecular flexibility index (Phi) is 5.46. The van der Waals surface area contributed by atoms with Gasteiger partial charge in [-0.2, -0.15) is 5.10 Å². The lowest BCUT2D eigenvalue weighted by Gasteiger charge is -2.11. The number of para-hydroxylation sites is 1. The van der Waals surface area contributed by atoms with Gasteiger partial charge in [0.2, 0.25) is 5.36 Å². The summed E-state index contributed by atoms with van der Waals surface area (Å²) in [6, 6.07) is 14.2. The summed E-state index contributed by atoms with van der Waals surface area (Å²) in [5.74, 6) is 5.82. The van der Waals surface area contributed by atoms with Gasteiger partial charge in [0.25, 0.3) is 11.1 Å². The van der Waals surface area contributed by atoms with Crippen molar-refractivity contribution in [3.63, 3.8) is 0 Å². The van der Waals surface area contributed by atoms with E-state index in [2.05, 4.69) is 18.9 Å². The first-order valence-electron chi connectivity index (χ1n) is 8.72. The van der Waals surface area contributed by atoms with Crippen LogP contribution in [0.25, 0.3) is 16.7 Å². The van der Waals surface area contributed by atoms with Crippen molar-refractivity contribution in [1.29, 1.82) is 0 Å². The highest BCUT2D eigenvalue weighted by Crippen LogP contribution is 2.20. The molecule has 0 radical (unpaired) electrons. The Labute approximate surface area is 161 Å². The van der Waals surface area contributed by atoms with Crippen molar-refractivity contribution in [1.82, 2.24) is 9.13 Å². The molecule has 6 nitrogen and oxygen atoms in total. The smallest absolute Gasteiger partial charge is 0.289 e. The maximum Gasteiger partial charge on any atom is 0.289 e. The molecule has 0 aliphatic rings. The van der Waals surface area contributed by atoms with Gasteiger partial charge in [-0.15, -0.1) is 0 Å². The molecule has 0 saturated heterocycles. The Morgan fingerprint density at radius 2 is 1.74 bits per heavy atom. The van der Waals surface area contributed by atoms with E-state index >= 15 is 0 Å². The Hall–Kier alpha value is -2.86. The number of hydrogen-bond donors (Lipinski definition) is 1. The zero-order chi connectivity index (χ0) is 19.6. The summed E-state index contributed by atoms with van der Waals surface area (Å²) < 4.78 is 2.98. The van der Waals surface area contributed by atoms with E-state index in [4.69, 9.17) is 17.4 Å². The lowest BCUT2D eigenvalue weighted by atomic mass is 10.1. The summed E-state index contributed by atoms with van der Waals surface area (Å²) in [6.07, 6.45) is 0.759. The molecule has 2 aromatic carbocycles. The lowest BCUT2D eigenvalue weighted by molar-refractivity contribution is 0.516. The molecule has 0 aliphatic heterocycles. The van der Waals surface area contributed by atoms with Crippen LogP contribution in [-0.4, -0.2) is 9.13 Å². The minimum atomic E-state index is -0.565. The molecule has 0 unspecified atom stereocenters. The molecular weight excluding hydrogens is 364 g/mol. The molecule has 0 spiro atoms. The minimum absolute atomic E-state index is 0.310. The van der Waals surface area contributed by atoms with E-state index in [-0.39, 0.29) is 5.36 Å². The number of aryl methyl sites for hydroxylation is 1. The molecule has 3 rings (SSSR count). The molecule has 0 bridgehead atoms. The Bertz CT molecular complexity index is 1160. The van der Waals surface area contributed by atoms with Crippen molar-refractivity contribution in [2.45, 2.75) is 26.8 Å². The van der Waals surface area contributed by atoms with Crippen LogP contribution in [0.5, 0.6) is 0 Å². The molecule has 0 saturated carbocycles. The van der Waals surface area contributed by atoms with Gasteiger partial charge < -0.3 is 10.4 Å². The fraction of sp³-hybridized carbons (Fsp3) is 0.250. The Morgan fingerprint density at radius 1 is 1.04 bits per heavy atom. The van der Waals surface area contributed by atoms with Crippen molar-refractivity contribution in [3.05, 3.63) is 79.6 Å². The second kappa shape index (κ2) is 7.80. The van der Waals surface area contributed by atoms with Crippen LogP contribution >= 0.6 is 11.6 Å². The average molecular weight is 385 g/mol. The lowest BCUT2D eigenvalue weighted by Crippen LogP contribution is -2.45. The highest BCUT2D eigenvalue weighted by molar-refractivity contribution is 6.31. The van der Waals surface area contributed by atoms with Gasteiger partial charge >= 0.3 is 0 Å². The number of hydrogen-bond acceptors (Lipinski definition) is 4. The van der Waals surface area contributed by atoms with Crippen molar-refractivity contribution >= 4 is 22.6 Å². The zero-order valence-corrected chi connectivity index (χ0v) is 16.0. The predicted octanol–water partition coefficient (Wildman–Crippen LogP) is 2.63.